The van der Waals surface area contributed by atoms with Gasteiger partial charge in [0.05, 0.1) is 5.16 Å². The van der Waals surface area contributed by atoms with Crippen molar-refractivity contribution in [1.29, 1.82) is 0 Å². The molecule has 0 aromatic heterocycles. The summed E-state index contributed by atoms with van der Waals surface area (Å²) < 4.78 is 4.78. The summed E-state index contributed by atoms with van der Waals surface area (Å²) in [6.45, 7) is 1.95. The topological polar surface area (TPSA) is 38.7 Å². The summed E-state index contributed by atoms with van der Waals surface area (Å²) in [7, 11) is 0. The van der Waals surface area contributed by atoms with Crippen LogP contribution < -0.4 is 4.74 Å². The van der Waals surface area contributed by atoms with Crippen LogP contribution >= 0.6 is 12.2 Å². The van der Waals surface area contributed by atoms with Crippen molar-refractivity contribution in [3.8, 4) is 5.75 Å². The Morgan fingerprint density at radius 3 is 2.62 bits per heavy atom. The van der Waals surface area contributed by atoms with Crippen LogP contribution in [0.25, 0.3) is 0 Å². The average molecular weight is 193 g/mol. The van der Waals surface area contributed by atoms with Gasteiger partial charge in [-0.2, -0.15) is 0 Å². The van der Waals surface area contributed by atoms with E-state index in [9.17, 15) is 4.79 Å². The van der Waals surface area contributed by atoms with Crippen molar-refractivity contribution in [2.24, 2.45) is 4.99 Å². The van der Waals surface area contributed by atoms with E-state index >= 15 is 0 Å². The summed E-state index contributed by atoms with van der Waals surface area (Å²) in [4.78, 5) is 13.9. The number of isothiocyanates is 1. The van der Waals surface area contributed by atoms with Gasteiger partial charge in [0.2, 0.25) is 0 Å². The van der Waals surface area contributed by atoms with E-state index in [0.717, 1.165) is 5.56 Å². The third kappa shape index (κ3) is 3.15. The molecule has 0 bridgehead atoms. The molecule has 0 heterocycles. The highest BCUT2D eigenvalue weighted by atomic mass is 32.1. The first kappa shape index (κ1) is 9.58. The fourth-order valence-corrected chi connectivity index (χ4v) is 0.842. The molecule has 0 N–H and O–H groups in total. The molecule has 3 nitrogen and oxygen atoms in total. The first-order valence-electron chi connectivity index (χ1n) is 3.59. The zero-order chi connectivity index (χ0) is 9.68. The Bertz CT molecular complexity index is 352. The number of hydrogen-bond acceptors (Lipinski definition) is 3. The van der Waals surface area contributed by atoms with E-state index in [1.54, 1.807) is 12.1 Å². The Morgan fingerprint density at radius 2 is 2.08 bits per heavy atom. The summed E-state index contributed by atoms with van der Waals surface area (Å²) in [6, 6.07) is 7.05. The van der Waals surface area contributed by atoms with Crippen LogP contribution in [0.3, 0.4) is 0 Å². The third-order valence-electron chi connectivity index (χ3n) is 1.36. The molecule has 4 heteroatoms. The number of rotatable bonds is 1. The zero-order valence-electron chi connectivity index (χ0n) is 6.98. The maximum Gasteiger partial charge on any atom is 0.448 e. The van der Waals surface area contributed by atoms with Crippen LogP contribution in [0.5, 0.6) is 5.75 Å². The molecule has 1 aromatic rings. The van der Waals surface area contributed by atoms with E-state index in [-0.39, 0.29) is 0 Å². The number of ether oxygens (including phenoxy) is 1. The van der Waals surface area contributed by atoms with E-state index in [0.29, 0.717) is 5.75 Å². The van der Waals surface area contributed by atoms with E-state index in [1.165, 1.54) is 0 Å². The first-order valence-corrected chi connectivity index (χ1v) is 3.99. The second kappa shape index (κ2) is 4.50. The van der Waals surface area contributed by atoms with Crippen molar-refractivity contribution >= 4 is 23.5 Å². The van der Waals surface area contributed by atoms with Crippen molar-refractivity contribution in [3.63, 3.8) is 0 Å². The van der Waals surface area contributed by atoms with Gasteiger partial charge < -0.3 is 4.74 Å². The van der Waals surface area contributed by atoms with E-state index in [4.69, 9.17) is 4.74 Å². The highest BCUT2D eigenvalue weighted by Crippen LogP contribution is 2.11. The quantitative estimate of drug-likeness (QED) is 0.508. The van der Waals surface area contributed by atoms with Crippen molar-refractivity contribution in [1.82, 2.24) is 0 Å². The van der Waals surface area contributed by atoms with Crippen LogP contribution in [0.2, 0.25) is 0 Å². The standard InChI is InChI=1S/C9H7NO2S/c1-7-2-4-8(5-3-7)12-9(11)10-6-13/h2-5H,1H3. The molecule has 0 saturated carbocycles. The van der Waals surface area contributed by atoms with Crippen molar-refractivity contribution < 1.29 is 9.53 Å². The lowest BCUT2D eigenvalue weighted by atomic mass is 10.2. The second-order valence-electron chi connectivity index (χ2n) is 2.38. The number of thiocarbonyl (C=S) groups is 1. The molecule has 0 radical (unpaired) electrons. The number of carbonyl (C=O) groups excluding carboxylic acids is 1. The number of aliphatic imine (C=N–C) groups is 1. The SMILES string of the molecule is Cc1ccc(OC(=O)N=C=S)cc1. The molecule has 0 unspecified atom stereocenters. The largest absolute Gasteiger partial charge is 0.448 e. The van der Waals surface area contributed by atoms with Gasteiger partial charge in [0.1, 0.15) is 5.75 Å². The summed E-state index contributed by atoms with van der Waals surface area (Å²) in [6.07, 6.45) is -0.751. The molecule has 66 valence electrons. The Hall–Kier alpha value is -1.51. The molecule has 0 aliphatic rings. The molecular weight excluding hydrogens is 186 g/mol. The number of carbonyl (C=O) groups is 1. The zero-order valence-corrected chi connectivity index (χ0v) is 7.80. The van der Waals surface area contributed by atoms with E-state index in [2.05, 4.69) is 17.2 Å². The van der Waals surface area contributed by atoms with Crippen LogP contribution in [0.1, 0.15) is 5.56 Å². The normalized spacial score (nSPS) is 8.69. The molecule has 1 rings (SSSR count). The van der Waals surface area contributed by atoms with Crippen LogP contribution in [-0.2, 0) is 0 Å². The highest BCUT2D eigenvalue weighted by Gasteiger charge is 1.99. The smallest absolute Gasteiger partial charge is 0.408 e. The van der Waals surface area contributed by atoms with Gasteiger partial charge in [-0.25, -0.2) is 4.79 Å². The lowest BCUT2D eigenvalue weighted by Crippen LogP contribution is -2.00. The number of benzene rings is 1. The van der Waals surface area contributed by atoms with Gasteiger partial charge in [-0.1, -0.05) is 17.7 Å². The molecule has 1 aromatic carbocycles. The van der Waals surface area contributed by atoms with Gasteiger partial charge in [0.15, 0.2) is 0 Å². The van der Waals surface area contributed by atoms with Gasteiger partial charge in [0.25, 0.3) is 0 Å². The van der Waals surface area contributed by atoms with Gasteiger partial charge in [-0.3, -0.25) is 0 Å². The third-order valence-corrected chi connectivity index (χ3v) is 1.45. The molecule has 0 aliphatic carbocycles. The summed E-state index contributed by atoms with van der Waals surface area (Å²) in [5.41, 5.74) is 1.10. The lowest BCUT2D eigenvalue weighted by molar-refractivity contribution is 0.211. The van der Waals surface area contributed by atoms with Gasteiger partial charge in [0, 0.05) is 0 Å². The van der Waals surface area contributed by atoms with Gasteiger partial charge in [-0.05, 0) is 31.3 Å². The predicted octanol–water partition coefficient (Wildman–Crippen LogP) is 2.60. The van der Waals surface area contributed by atoms with Crippen molar-refractivity contribution in [2.75, 3.05) is 0 Å². The molecule has 0 fully saturated rings. The fraction of sp³-hybridized carbons (Fsp3) is 0.111. The molecule has 0 spiro atoms. The molecule has 0 aliphatic heterocycles. The van der Waals surface area contributed by atoms with Crippen molar-refractivity contribution in [2.45, 2.75) is 6.92 Å². The summed E-state index contributed by atoms with van der Waals surface area (Å²) >= 11 is 4.25. The molecule has 1 amide bonds. The minimum absolute atomic E-state index is 0.449. The number of aryl methyl sites for hydroxylation is 1. The van der Waals surface area contributed by atoms with Crippen LogP contribution in [0, 0.1) is 6.92 Å². The molecule has 0 atom stereocenters. The van der Waals surface area contributed by atoms with E-state index < -0.39 is 6.09 Å². The van der Waals surface area contributed by atoms with Gasteiger partial charge in [-0.15, -0.1) is 4.99 Å². The fourth-order valence-electron chi connectivity index (χ4n) is 0.767. The minimum atomic E-state index is -0.751. The van der Waals surface area contributed by atoms with Crippen LogP contribution in [-0.4, -0.2) is 11.3 Å². The minimum Gasteiger partial charge on any atom is -0.408 e. The number of nitrogens with zero attached hydrogens (tertiary/aromatic N) is 1. The molecule has 0 saturated heterocycles. The molecule has 13 heavy (non-hydrogen) atoms. The second-order valence-corrected chi connectivity index (χ2v) is 2.57. The molecular formula is C9H7NO2S. The van der Waals surface area contributed by atoms with Crippen molar-refractivity contribution in [3.05, 3.63) is 29.8 Å². The Balaban J connectivity index is 2.69. The highest BCUT2D eigenvalue weighted by molar-refractivity contribution is 7.78. The average Bonchev–Trinajstić information content (AvgIpc) is 2.09. The Kier molecular flexibility index (Phi) is 3.31. The Labute approximate surface area is 81.1 Å². The Morgan fingerprint density at radius 1 is 1.46 bits per heavy atom. The lowest BCUT2D eigenvalue weighted by Gasteiger charge is -1.98. The van der Waals surface area contributed by atoms with Crippen LogP contribution in [0.15, 0.2) is 29.3 Å². The first-order chi connectivity index (χ1) is 6.22. The predicted molar refractivity (Wildman–Crippen MR) is 52.2 cm³/mol. The van der Waals surface area contributed by atoms with Crippen LogP contribution in [0.4, 0.5) is 4.79 Å². The maximum absolute atomic E-state index is 10.8. The van der Waals surface area contributed by atoms with E-state index in [1.807, 2.05) is 24.2 Å². The van der Waals surface area contributed by atoms with Gasteiger partial charge >= 0.3 is 6.09 Å². The number of amides is 1. The summed E-state index contributed by atoms with van der Waals surface area (Å²) in [5, 5.41) is 1.93. The monoisotopic (exact) mass is 193 g/mol. The number of hydrogen-bond donors (Lipinski definition) is 0. The summed E-state index contributed by atoms with van der Waals surface area (Å²) in [5.74, 6) is 0.449. The maximum atomic E-state index is 10.8.